The van der Waals surface area contributed by atoms with Gasteiger partial charge in [0, 0.05) is 27.8 Å². The number of benzene rings is 1. The third-order valence-corrected chi connectivity index (χ3v) is 5.24. The van der Waals surface area contributed by atoms with E-state index in [9.17, 15) is 4.21 Å². The van der Waals surface area contributed by atoms with Crippen LogP contribution in [0.5, 0.6) is 0 Å². The molecule has 3 heteroatoms. The molecule has 2 nitrogen and oxygen atoms in total. The van der Waals surface area contributed by atoms with Gasteiger partial charge in [0.05, 0.1) is 0 Å². The van der Waals surface area contributed by atoms with E-state index in [4.69, 9.17) is 0 Å². The fourth-order valence-electron chi connectivity index (χ4n) is 2.25. The quantitative estimate of drug-likeness (QED) is 0.791. The van der Waals surface area contributed by atoms with Gasteiger partial charge in [-0.1, -0.05) is 43.7 Å². The van der Waals surface area contributed by atoms with Crippen molar-refractivity contribution in [1.29, 1.82) is 0 Å². The van der Waals surface area contributed by atoms with Gasteiger partial charge in [0.25, 0.3) is 0 Å². The smallest absolute Gasteiger partial charge is 0.0489 e. The van der Waals surface area contributed by atoms with E-state index < -0.39 is 10.8 Å². The minimum Gasteiger partial charge on any atom is -0.313 e. The number of hydrogen-bond donors (Lipinski definition) is 1. The Labute approximate surface area is 120 Å². The zero-order valence-electron chi connectivity index (χ0n) is 12.6. The molecule has 1 aromatic carbocycles. The largest absolute Gasteiger partial charge is 0.313 e. The lowest BCUT2D eigenvalue weighted by Gasteiger charge is -2.23. The summed E-state index contributed by atoms with van der Waals surface area (Å²) >= 11 is 0. The summed E-state index contributed by atoms with van der Waals surface area (Å²) in [6.07, 6.45) is 2.15. The molecule has 3 unspecified atom stereocenters. The maximum absolute atomic E-state index is 12.5. The molecule has 0 aliphatic rings. The van der Waals surface area contributed by atoms with Gasteiger partial charge in [-0.15, -0.1) is 0 Å². The standard InChI is InChI=1S/C16H27NOS/c1-5-10-17-16(6-2)14(4)19(18)12-15-9-7-8-13(3)11-15/h7-9,11,14,16-17H,5-6,10,12H2,1-4H3. The van der Waals surface area contributed by atoms with E-state index in [-0.39, 0.29) is 5.25 Å². The average molecular weight is 281 g/mol. The highest BCUT2D eigenvalue weighted by molar-refractivity contribution is 7.84. The Morgan fingerprint density at radius 1 is 1.32 bits per heavy atom. The highest BCUT2D eigenvalue weighted by Crippen LogP contribution is 2.13. The molecule has 108 valence electrons. The van der Waals surface area contributed by atoms with Crippen LogP contribution in [0.4, 0.5) is 0 Å². The molecule has 0 saturated carbocycles. The van der Waals surface area contributed by atoms with E-state index in [1.54, 1.807) is 0 Å². The fourth-order valence-corrected chi connectivity index (χ4v) is 3.68. The molecule has 0 aliphatic heterocycles. The monoisotopic (exact) mass is 281 g/mol. The molecule has 0 bridgehead atoms. The predicted molar refractivity (Wildman–Crippen MR) is 84.9 cm³/mol. The lowest BCUT2D eigenvalue weighted by molar-refractivity contribution is 0.486. The van der Waals surface area contributed by atoms with Crippen molar-refractivity contribution >= 4 is 10.8 Å². The van der Waals surface area contributed by atoms with E-state index in [0.717, 1.165) is 19.4 Å². The van der Waals surface area contributed by atoms with Crippen molar-refractivity contribution in [3.8, 4) is 0 Å². The Morgan fingerprint density at radius 2 is 2.05 bits per heavy atom. The first-order valence-electron chi connectivity index (χ1n) is 7.24. The van der Waals surface area contributed by atoms with Crippen LogP contribution in [0.3, 0.4) is 0 Å². The highest BCUT2D eigenvalue weighted by Gasteiger charge is 2.20. The van der Waals surface area contributed by atoms with Crippen molar-refractivity contribution in [2.24, 2.45) is 0 Å². The van der Waals surface area contributed by atoms with Crippen molar-refractivity contribution in [2.45, 2.75) is 57.6 Å². The maximum Gasteiger partial charge on any atom is 0.0489 e. The first-order chi connectivity index (χ1) is 9.08. The molecule has 19 heavy (non-hydrogen) atoms. The number of nitrogens with one attached hydrogen (secondary N) is 1. The van der Waals surface area contributed by atoms with Gasteiger partial charge in [-0.05, 0) is 38.8 Å². The summed E-state index contributed by atoms with van der Waals surface area (Å²) in [5, 5.41) is 3.70. The average Bonchev–Trinajstić information content (AvgIpc) is 2.39. The summed E-state index contributed by atoms with van der Waals surface area (Å²) in [5.41, 5.74) is 2.41. The summed E-state index contributed by atoms with van der Waals surface area (Å²) in [7, 11) is -0.820. The lowest BCUT2D eigenvalue weighted by atomic mass is 10.1. The van der Waals surface area contributed by atoms with Crippen LogP contribution in [0.2, 0.25) is 0 Å². The van der Waals surface area contributed by atoms with E-state index >= 15 is 0 Å². The molecule has 0 aromatic heterocycles. The fraction of sp³-hybridized carbons (Fsp3) is 0.625. The van der Waals surface area contributed by atoms with E-state index in [2.05, 4.69) is 51.2 Å². The summed E-state index contributed by atoms with van der Waals surface area (Å²) in [6.45, 7) is 9.50. The second kappa shape index (κ2) is 8.49. The van der Waals surface area contributed by atoms with Crippen LogP contribution in [0.15, 0.2) is 24.3 Å². The molecule has 0 amide bonds. The molecular weight excluding hydrogens is 254 g/mol. The highest BCUT2D eigenvalue weighted by atomic mass is 32.2. The van der Waals surface area contributed by atoms with Gasteiger partial charge in [-0.25, -0.2) is 0 Å². The van der Waals surface area contributed by atoms with Gasteiger partial charge in [0.1, 0.15) is 0 Å². The minimum absolute atomic E-state index is 0.192. The zero-order valence-corrected chi connectivity index (χ0v) is 13.4. The second-order valence-corrected chi connectivity index (χ2v) is 6.98. The number of rotatable bonds is 8. The van der Waals surface area contributed by atoms with E-state index in [1.807, 2.05) is 6.07 Å². The van der Waals surface area contributed by atoms with Crippen molar-refractivity contribution in [1.82, 2.24) is 5.32 Å². The molecular formula is C16H27NOS. The molecule has 1 rings (SSSR count). The Hall–Kier alpha value is -0.670. The van der Waals surface area contributed by atoms with Crippen molar-refractivity contribution in [3.05, 3.63) is 35.4 Å². The maximum atomic E-state index is 12.5. The first-order valence-corrected chi connectivity index (χ1v) is 8.62. The Balaban J connectivity index is 2.60. The van der Waals surface area contributed by atoms with Crippen LogP contribution >= 0.6 is 0 Å². The summed E-state index contributed by atoms with van der Waals surface area (Å²) in [6, 6.07) is 8.67. The third kappa shape index (κ3) is 5.45. The molecule has 0 heterocycles. The van der Waals surface area contributed by atoms with Gasteiger partial charge in [0.2, 0.25) is 0 Å². The van der Waals surface area contributed by atoms with Crippen LogP contribution in [0.25, 0.3) is 0 Å². The molecule has 0 aliphatic carbocycles. The molecule has 0 spiro atoms. The van der Waals surface area contributed by atoms with Gasteiger partial charge < -0.3 is 5.32 Å². The number of aryl methyl sites for hydroxylation is 1. The molecule has 0 saturated heterocycles. The molecule has 1 N–H and O–H groups in total. The zero-order chi connectivity index (χ0) is 14.3. The number of hydrogen-bond acceptors (Lipinski definition) is 2. The van der Waals surface area contributed by atoms with Crippen molar-refractivity contribution in [3.63, 3.8) is 0 Å². The molecule has 0 fully saturated rings. The van der Waals surface area contributed by atoms with Crippen LogP contribution in [-0.2, 0) is 16.6 Å². The molecule has 1 aromatic rings. The summed E-state index contributed by atoms with van der Waals surface area (Å²) in [4.78, 5) is 0. The van der Waals surface area contributed by atoms with Gasteiger partial charge in [-0.3, -0.25) is 4.21 Å². The topological polar surface area (TPSA) is 29.1 Å². The van der Waals surface area contributed by atoms with Crippen LogP contribution in [-0.4, -0.2) is 22.0 Å². The SMILES string of the molecule is CCCNC(CC)C(C)S(=O)Cc1cccc(C)c1. The lowest BCUT2D eigenvalue weighted by Crippen LogP contribution is -2.40. The summed E-state index contributed by atoms with van der Waals surface area (Å²) < 4.78 is 12.5. The van der Waals surface area contributed by atoms with Crippen LogP contribution < -0.4 is 5.32 Å². The Morgan fingerprint density at radius 3 is 2.63 bits per heavy atom. The van der Waals surface area contributed by atoms with E-state index in [1.165, 1.54) is 11.1 Å². The van der Waals surface area contributed by atoms with Crippen LogP contribution in [0, 0.1) is 6.92 Å². The van der Waals surface area contributed by atoms with Crippen molar-refractivity contribution in [2.75, 3.05) is 6.54 Å². The third-order valence-electron chi connectivity index (χ3n) is 3.47. The Bertz CT molecular complexity index is 405. The van der Waals surface area contributed by atoms with E-state index in [0.29, 0.717) is 11.8 Å². The Kier molecular flexibility index (Phi) is 7.32. The van der Waals surface area contributed by atoms with Gasteiger partial charge in [0.15, 0.2) is 0 Å². The first kappa shape index (κ1) is 16.4. The van der Waals surface area contributed by atoms with Crippen LogP contribution in [0.1, 0.15) is 44.7 Å². The van der Waals surface area contributed by atoms with Gasteiger partial charge >= 0.3 is 0 Å². The normalized spacial score (nSPS) is 16.0. The van der Waals surface area contributed by atoms with Crippen molar-refractivity contribution < 1.29 is 4.21 Å². The second-order valence-electron chi connectivity index (χ2n) is 5.19. The van der Waals surface area contributed by atoms with Gasteiger partial charge in [-0.2, -0.15) is 0 Å². The predicted octanol–water partition coefficient (Wildman–Crippen LogP) is 3.41. The molecule has 3 atom stereocenters. The summed E-state index contributed by atoms with van der Waals surface area (Å²) in [5.74, 6) is 0.660. The molecule has 0 radical (unpaired) electrons. The minimum atomic E-state index is -0.820.